The highest BCUT2D eigenvalue weighted by molar-refractivity contribution is 5.77. The van der Waals surface area contributed by atoms with Gasteiger partial charge in [0.1, 0.15) is 0 Å². The molecule has 1 N–H and O–H groups in total. The minimum absolute atomic E-state index is 0.257. The summed E-state index contributed by atoms with van der Waals surface area (Å²) in [5, 5.41) is 0. The lowest BCUT2D eigenvalue weighted by Gasteiger charge is -2.31. The number of nitrogens with one attached hydrogen (secondary N) is 1. The third kappa shape index (κ3) is 3.99. The van der Waals surface area contributed by atoms with Crippen molar-refractivity contribution in [3.63, 3.8) is 0 Å². The first-order chi connectivity index (χ1) is 11.3. The fourth-order valence-electron chi connectivity index (χ4n) is 3.19. The van der Waals surface area contributed by atoms with Crippen molar-refractivity contribution in [3.8, 4) is 0 Å². The number of aromatic amines is 1. The van der Waals surface area contributed by atoms with Crippen molar-refractivity contribution in [2.24, 2.45) is 0 Å². The molecule has 1 aliphatic rings. The molecule has 2 aromatic rings. The molecule has 1 aromatic carbocycles. The number of imidazole rings is 1. The molecule has 1 atom stereocenters. The van der Waals surface area contributed by atoms with Crippen LogP contribution < -0.4 is 0 Å². The molecule has 0 radical (unpaired) electrons. The van der Waals surface area contributed by atoms with Gasteiger partial charge in [-0.05, 0) is 12.0 Å². The van der Waals surface area contributed by atoms with Crippen LogP contribution in [0.15, 0.2) is 42.9 Å². The van der Waals surface area contributed by atoms with Gasteiger partial charge in [-0.2, -0.15) is 0 Å². The lowest BCUT2D eigenvalue weighted by atomic mass is 10.1. The summed E-state index contributed by atoms with van der Waals surface area (Å²) < 4.78 is 0. The van der Waals surface area contributed by atoms with Crippen LogP contribution in [0.2, 0.25) is 0 Å². The number of hydrogen-bond acceptors (Lipinski definition) is 3. The van der Waals surface area contributed by atoms with Crippen LogP contribution in [-0.2, 0) is 17.9 Å². The third-order valence-corrected chi connectivity index (χ3v) is 4.49. The first kappa shape index (κ1) is 15.7. The average molecular weight is 312 g/mol. The van der Waals surface area contributed by atoms with E-state index in [4.69, 9.17) is 0 Å². The van der Waals surface area contributed by atoms with Crippen LogP contribution >= 0.6 is 0 Å². The summed E-state index contributed by atoms with van der Waals surface area (Å²) in [6, 6.07) is 10.5. The molecular weight excluding hydrogens is 288 g/mol. The maximum atomic E-state index is 12.6. The SMILES string of the molecule is CC[C@H]1CN(Cc2cnc[nH]2)CCC(=O)N1Cc1ccccc1. The normalized spacial score (nSPS) is 19.8. The molecule has 2 heterocycles. The van der Waals surface area contributed by atoms with Crippen molar-refractivity contribution in [2.45, 2.75) is 38.9 Å². The molecule has 5 heteroatoms. The van der Waals surface area contributed by atoms with E-state index in [1.165, 1.54) is 5.56 Å². The zero-order chi connectivity index (χ0) is 16.1. The Kier molecular flexibility index (Phi) is 5.08. The monoisotopic (exact) mass is 312 g/mol. The van der Waals surface area contributed by atoms with E-state index in [-0.39, 0.29) is 11.9 Å². The van der Waals surface area contributed by atoms with Crippen molar-refractivity contribution in [2.75, 3.05) is 13.1 Å². The highest BCUT2D eigenvalue weighted by Crippen LogP contribution is 2.18. The van der Waals surface area contributed by atoms with Crippen LogP contribution in [0, 0.1) is 0 Å². The van der Waals surface area contributed by atoms with E-state index in [1.54, 1.807) is 6.33 Å². The summed E-state index contributed by atoms with van der Waals surface area (Å²) in [5.74, 6) is 0.257. The van der Waals surface area contributed by atoms with Gasteiger partial charge in [0.15, 0.2) is 0 Å². The van der Waals surface area contributed by atoms with Crippen molar-refractivity contribution >= 4 is 5.91 Å². The molecule has 3 rings (SSSR count). The van der Waals surface area contributed by atoms with Gasteiger partial charge < -0.3 is 9.88 Å². The van der Waals surface area contributed by atoms with Crippen LogP contribution in [0.3, 0.4) is 0 Å². The summed E-state index contributed by atoms with van der Waals surface area (Å²) in [6.45, 7) is 5.41. The van der Waals surface area contributed by atoms with Crippen molar-refractivity contribution in [3.05, 3.63) is 54.1 Å². The summed E-state index contributed by atoms with van der Waals surface area (Å²) in [7, 11) is 0. The number of nitrogens with zero attached hydrogens (tertiary/aromatic N) is 3. The van der Waals surface area contributed by atoms with Crippen molar-refractivity contribution in [1.82, 2.24) is 19.8 Å². The number of benzene rings is 1. The second kappa shape index (κ2) is 7.42. The second-order valence-corrected chi connectivity index (χ2v) is 6.13. The van der Waals surface area contributed by atoms with E-state index in [9.17, 15) is 4.79 Å². The number of carbonyl (C=O) groups is 1. The van der Waals surface area contributed by atoms with Gasteiger partial charge in [-0.15, -0.1) is 0 Å². The predicted molar refractivity (Wildman–Crippen MR) is 89.6 cm³/mol. The quantitative estimate of drug-likeness (QED) is 0.922. The molecule has 0 unspecified atom stereocenters. The number of amides is 1. The smallest absolute Gasteiger partial charge is 0.224 e. The standard InChI is InChI=1S/C18H24N4O/c1-2-17-13-21(12-16-10-19-14-20-16)9-8-18(23)22(17)11-15-6-4-3-5-7-15/h3-7,10,14,17H,2,8-9,11-13H2,1H3,(H,19,20)/t17-/m0/s1. The summed E-state index contributed by atoms with van der Waals surface area (Å²) in [6.07, 6.45) is 5.11. The molecule has 0 spiro atoms. The Balaban J connectivity index is 1.71. The molecule has 5 nitrogen and oxygen atoms in total. The van der Waals surface area contributed by atoms with Crippen LogP contribution in [0.4, 0.5) is 0 Å². The van der Waals surface area contributed by atoms with Gasteiger partial charge in [0.25, 0.3) is 0 Å². The summed E-state index contributed by atoms with van der Waals surface area (Å²) >= 11 is 0. The van der Waals surface area contributed by atoms with E-state index >= 15 is 0 Å². The maximum Gasteiger partial charge on any atom is 0.224 e. The molecule has 0 saturated carbocycles. The van der Waals surface area contributed by atoms with E-state index in [0.29, 0.717) is 13.0 Å². The van der Waals surface area contributed by atoms with E-state index in [0.717, 1.165) is 31.7 Å². The molecule has 0 bridgehead atoms. The second-order valence-electron chi connectivity index (χ2n) is 6.13. The number of carbonyl (C=O) groups excluding carboxylic acids is 1. The van der Waals surface area contributed by atoms with Gasteiger partial charge in [0.05, 0.1) is 6.33 Å². The molecule has 0 aliphatic carbocycles. The molecule has 1 aliphatic heterocycles. The first-order valence-corrected chi connectivity index (χ1v) is 8.29. The van der Waals surface area contributed by atoms with Gasteiger partial charge in [-0.1, -0.05) is 37.3 Å². The van der Waals surface area contributed by atoms with Gasteiger partial charge in [0, 0.05) is 50.5 Å². The fraction of sp³-hybridized carbons (Fsp3) is 0.444. The molecule has 122 valence electrons. The number of rotatable bonds is 5. The number of H-pyrrole nitrogens is 1. The largest absolute Gasteiger partial charge is 0.347 e. The minimum atomic E-state index is 0.257. The first-order valence-electron chi connectivity index (χ1n) is 8.29. The number of aromatic nitrogens is 2. The van der Waals surface area contributed by atoms with Gasteiger partial charge >= 0.3 is 0 Å². The number of hydrogen-bond donors (Lipinski definition) is 1. The topological polar surface area (TPSA) is 52.2 Å². The fourth-order valence-corrected chi connectivity index (χ4v) is 3.19. The Morgan fingerprint density at radius 3 is 2.78 bits per heavy atom. The molecule has 1 amide bonds. The zero-order valence-electron chi connectivity index (χ0n) is 13.6. The van der Waals surface area contributed by atoms with Crippen LogP contribution in [0.25, 0.3) is 0 Å². The summed E-state index contributed by atoms with van der Waals surface area (Å²) in [4.78, 5) is 24.2. The summed E-state index contributed by atoms with van der Waals surface area (Å²) in [5.41, 5.74) is 2.30. The van der Waals surface area contributed by atoms with Crippen LogP contribution in [0.1, 0.15) is 31.0 Å². The van der Waals surface area contributed by atoms with Crippen molar-refractivity contribution < 1.29 is 4.79 Å². The Morgan fingerprint density at radius 2 is 2.09 bits per heavy atom. The Morgan fingerprint density at radius 1 is 1.26 bits per heavy atom. The van der Waals surface area contributed by atoms with Gasteiger partial charge in [-0.25, -0.2) is 4.98 Å². The van der Waals surface area contributed by atoms with Gasteiger partial charge in [-0.3, -0.25) is 9.69 Å². The lowest BCUT2D eigenvalue weighted by Crippen LogP contribution is -2.42. The van der Waals surface area contributed by atoms with E-state index in [2.05, 4.69) is 38.8 Å². The third-order valence-electron chi connectivity index (χ3n) is 4.49. The highest BCUT2D eigenvalue weighted by atomic mass is 16.2. The zero-order valence-corrected chi connectivity index (χ0v) is 13.6. The Hall–Kier alpha value is -2.14. The Bertz CT molecular complexity index is 611. The molecular formula is C18H24N4O. The van der Waals surface area contributed by atoms with E-state index < -0.39 is 0 Å². The molecule has 1 aromatic heterocycles. The average Bonchev–Trinajstić information content (AvgIpc) is 3.04. The van der Waals surface area contributed by atoms with Crippen molar-refractivity contribution in [1.29, 1.82) is 0 Å². The van der Waals surface area contributed by atoms with E-state index in [1.807, 2.05) is 24.4 Å². The van der Waals surface area contributed by atoms with Crippen LogP contribution in [-0.4, -0.2) is 44.8 Å². The Labute approximate surface area is 137 Å². The highest BCUT2D eigenvalue weighted by Gasteiger charge is 2.28. The molecule has 1 fully saturated rings. The molecule has 1 saturated heterocycles. The minimum Gasteiger partial charge on any atom is -0.347 e. The predicted octanol–water partition coefficient (Wildman–Crippen LogP) is 2.42. The lowest BCUT2D eigenvalue weighted by molar-refractivity contribution is -0.133. The van der Waals surface area contributed by atoms with Gasteiger partial charge in [0.2, 0.25) is 5.91 Å². The van der Waals surface area contributed by atoms with Crippen LogP contribution in [0.5, 0.6) is 0 Å². The molecule has 23 heavy (non-hydrogen) atoms. The maximum absolute atomic E-state index is 12.6.